The minimum Gasteiger partial charge on any atom is -0.504 e. The van der Waals surface area contributed by atoms with Crippen molar-refractivity contribution in [1.29, 1.82) is 0 Å². The van der Waals surface area contributed by atoms with Gasteiger partial charge in [-0.05, 0) is 54.2 Å². The average molecular weight is 360 g/mol. The molecule has 0 aliphatic carbocycles. The Morgan fingerprint density at radius 1 is 0.923 bits per heavy atom. The fourth-order valence-electron chi connectivity index (χ4n) is 3.45. The first-order chi connectivity index (χ1) is 12.5. The summed E-state index contributed by atoms with van der Waals surface area (Å²) in [6.07, 6.45) is 0.476. The highest BCUT2D eigenvalue weighted by molar-refractivity contribution is 5.43. The summed E-state index contributed by atoms with van der Waals surface area (Å²) in [5.74, 6) is 1.08. The van der Waals surface area contributed by atoms with Crippen LogP contribution in [0.2, 0.25) is 0 Å². The third-order valence-electron chi connectivity index (χ3n) is 4.91. The number of aliphatic hydroxyl groups excluding tert-OH is 1. The summed E-state index contributed by atoms with van der Waals surface area (Å²) < 4.78 is 15.8. The Balaban J connectivity index is 1.75. The Morgan fingerprint density at radius 2 is 1.46 bits per heavy atom. The maximum atomic E-state index is 10.3. The van der Waals surface area contributed by atoms with Gasteiger partial charge in [-0.2, -0.15) is 0 Å². The van der Waals surface area contributed by atoms with Crippen LogP contribution in [0, 0.1) is 11.8 Å². The van der Waals surface area contributed by atoms with E-state index < -0.39 is 6.29 Å². The number of phenolic OH excluding ortho intramolecular Hbond substituents is 2. The molecule has 0 aromatic heterocycles. The van der Waals surface area contributed by atoms with Crippen molar-refractivity contribution in [3.8, 4) is 23.0 Å². The van der Waals surface area contributed by atoms with E-state index in [0.29, 0.717) is 30.9 Å². The highest BCUT2D eigenvalue weighted by Crippen LogP contribution is 2.35. The largest absolute Gasteiger partial charge is 0.504 e. The maximum absolute atomic E-state index is 10.3. The molecule has 0 unspecified atom stereocenters. The molecule has 0 bridgehead atoms. The van der Waals surface area contributed by atoms with Crippen molar-refractivity contribution < 1.29 is 29.5 Å². The van der Waals surface area contributed by atoms with Crippen LogP contribution in [0.15, 0.2) is 36.4 Å². The van der Waals surface area contributed by atoms with Gasteiger partial charge >= 0.3 is 0 Å². The molecular formula is C20H24O6. The average Bonchev–Trinajstić information content (AvgIpc) is 2.98. The topological polar surface area (TPSA) is 88.4 Å². The molecule has 6 nitrogen and oxygen atoms in total. The van der Waals surface area contributed by atoms with Crippen molar-refractivity contribution in [2.75, 3.05) is 20.8 Å². The number of hydrogen-bond donors (Lipinski definition) is 3. The number of hydrogen-bond acceptors (Lipinski definition) is 6. The molecule has 1 saturated heterocycles. The molecule has 1 fully saturated rings. The van der Waals surface area contributed by atoms with Gasteiger partial charge in [-0.3, -0.25) is 0 Å². The first-order valence-corrected chi connectivity index (χ1v) is 8.53. The first kappa shape index (κ1) is 18.4. The zero-order valence-electron chi connectivity index (χ0n) is 14.9. The summed E-state index contributed by atoms with van der Waals surface area (Å²) in [5, 5.41) is 29.7. The number of benzene rings is 2. The van der Waals surface area contributed by atoms with Crippen molar-refractivity contribution in [2.24, 2.45) is 11.8 Å². The second-order valence-corrected chi connectivity index (χ2v) is 6.57. The SMILES string of the molecule is COc1cc(C[C@H]2CO[C@H](O)[C@@H]2Cc2ccc(O)c(OC)c2)ccc1O. The summed E-state index contributed by atoms with van der Waals surface area (Å²) in [7, 11) is 3.02. The summed E-state index contributed by atoms with van der Waals surface area (Å²) in [4.78, 5) is 0. The Morgan fingerprint density at radius 3 is 2.00 bits per heavy atom. The molecule has 0 radical (unpaired) electrons. The predicted octanol–water partition coefficient (Wildman–Crippen LogP) is 2.48. The van der Waals surface area contributed by atoms with Crippen LogP contribution in [0.3, 0.4) is 0 Å². The van der Waals surface area contributed by atoms with Crippen molar-refractivity contribution >= 4 is 0 Å². The second-order valence-electron chi connectivity index (χ2n) is 6.57. The Hall–Kier alpha value is -2.44. The molecule has 1 aliphatic heterocycles. The zero-order valence-corrected chi connectivity index (χ0v) is 14.9. The molecule has 0 spiro atoms. The van der Waals surface area contributed by atoms with Gasteiger partial charge in [0, 0.05) is 5.92 Å². The normalized spacial score (nSPS) is 22.3. The van der Waals surface area contributed by atoms with Crippen LogP contribution in [0.1, 0.15) is 11.1 Å². The number of aromatic hydroxyl groups is 2. The molecule has 2 aromatic carbocycles. The lowest BCUT2D eigenvalue weighted by molar-refractivity contribution is -0.0820. The monoisotopic (exact) mass is 360 g/mol. The van der Waals surface area contributed by atoms with Crippen LogP contribution in [-0.2, 0) is 17.6 Å². The molecule has 6 heteroatoms. The van der Waals surface area contributed by atoms with Gasteiger partial charge in [-0.1, -0.05) is 12.1 Å². The van der Waals surface area contributed by atoms with E-state index in [0.717, 1.165) is 11.1 Å². The second kappa shape index (κ2) is 7.85. The molecule has 1 heterocycles. The minimum atomic E-state index is -0.834. The lowest BCUT2D eigenvalue weighted by atomic mass is 9.84. The third-order valence-corrected chi connectivity index (χ3v) is 4.91. The van der Waals surface area contributed by atoms with E-state index >= 15 is 0 Å². The van der Waals surface area contributed by atoms with Gasteiger partial charge in [0.25, 0.3) is 0 Å². The molecule has 2 aromatic rings. The van der Waals surface area contributed by atoms with E-state index in [-0.39, 0.29) is 23.3 Å². The maximum Gasteiger partial charge on any atom is 0.160 e. The van der Waals surface area contributed by atoms with Gasteiger partial charge in [0.1, 0.15) is 0 Å². The van der Waals surface area contributed by atoms with Gasteiger partial charge in [0.15, 0.2) is 29.3 Å². The quantitative estimate of drug-likeness (QED) is 0.733. The van der Waals surface area contributed by atoms with E-state index in [1.807, 2.05) is 12.1 Å². The van der Waals surface area contributed by atoms with E-state index in [1.165, 1.54) is 14.2 Å². The molecule has 3 atom stereocenters. The Kier molecular flexibility index (Phi) is 5.54. The molecule has 140 valence electrons. The van der Waals surface area contributed by atoms with Crippen LogP contribution in [0.5, 0.6) is 23.0 Å². The highest BCUT2D eigenvalue weighted by atomic mass is 16.6. The number of methoxy groups -OCH3 is 2. The molecule has 3 rings (SSSR count). The van der Waals surface area contributed by atoms with Crippen LogP contribution >= 0.6 is 0 Å². The molecule has 0 amide bonds. The lowest BCUT2D eigenvalue weighted by Crippen LogP contribution is -2.24. The first-order valence-electron chi connectivity index (χ1n) is 8.53. The summed E-state index contributed by atoms with van der Waals surface area (Å²) >= 11 is 0. The third kappa shape index (κ3) is 3.86. The Bertz CT molecular complexity index is 760. The summed E-state index contributed by atoms with van der Waals surface area (Å²) in [6.45, 7) is 0.463. The lowest BCUT2D eigenvalue weighted by Gasteiger charge is -2.21. The molecule has 0 saturated carbocycles. The minimum absolute atomic E-state index is 0.0796. The van der Waals surface area contributed by atoms with E-state index in [4.69, 9.17) is 14.2 Å². The van der Waals surface area contributed by atoms with Crippen LogP contribution < -0.4 is 9.47 Å². The number of phenols is 2. The van der Waals surface area contributed by atoms with Gasteiger partial charge in [-0.25, -0.2) is 0 Å². The summed E-state index contributed by atoms with van der Waals surface area (Å²) in [6, 6.07) is 10.5. The van der Waals surface area contributed by atoms with Crippen LogP contribution in [-0.4, -0.2) is 42.4 Å². The molecule has 1 aliphatic rings. The number of ether oxygens (including phenoxy) is 3. The van der Waals surface area contributed by atoms with Crippen LogP contribution in [0.25, 0.3) is 0 Å². The zero-order chi connectivity index (χ0) is 18.7. The Labute approximate surface area is 152 Å². The van der Waals surface area contributed by atoms with Gasteiger partial charge in [0.05, 0.1) is 20.8 Å². The van der Waals surface area contributed by atoms with E-state index in [1.54, 1.807) is 24.3 Å². The molecule has 3 N–H and O–H groups in total. The van der Waals surface area contributed by atoms with Gasteiger partial charge in [-0.15, -0.1) is 0 Å². The van der Waals surface area contributed by atoms with E-state index in [9.17, 15) is 15.3 Å². The van der Waals surface area contributed by atoms with Gasteiger partial charge in [0.2, 0.25) is 0 Å². The molecular weight excluding hydrogens is 336 g/mol. The van der Waals surface area contributed by atoms with Crippen molar-refractivity contribution in [1.82, 2.24) is 0 Å². The standard InChI is InChI=1S/C20H24O6/c1-24-18-9-12(3-5-16(18)21)7-14-11-26-20(23)15(14)8-13-4-6-17(22)19(10-13)25-2/h3-6,9-10,14-15,20-23H,7-8,11H2,1-2H3/t14-,15+,20-/m0/s1. The smallest absolute Gasteiger partial charge is 0.160 e. The highest BCUT2D eigenvalue weighted by Gasteiger charge is 2.36. The van der Waals surface area contributed by atoms with Crippen molar-refractivity contribution in [3.63, 3.8) is 0 Å². The summed E-state index contributed by atoms with van der Waals surface area (Å²) in [5.41, 5.74) is 1.97. The fourth-order valence-corrected chi connectivity index (χ4v) is 3.45. The van der Waals surface area contributed by atoms with Crippen molar-refractivity contribution in [2.45, 2.75) is 19.1 Å². The number of rotatable bonds is 6. The predicted molar refractivity (Wildman–Crippen MR) is 95.7 cm³/mol. The number of aliphatic hydroxyl groups is 1. The van der Waals surface area contributed by atoms with E-state index in [2.05, 4.69) is 0 Å². The van der Waals surface area contributed by atoms with Crippen molar-refractivity contribution in [3.05, 3.63) is 47.5 Å². The van der Waals surface area contributed by atoms with Crippen LogP contribution in [0.4, 0.5) is 0 Å². The van der Waals surface area contributed by atoms with Gasteiger partial charge < -0.3 is 29.5 Å². The fraction of sp³-hybridized carbons (Fsp3) is 0.400. The molecule has 26 heavy (non-hydrogen) atoms.